The van der Waals surface area contributed by atoms with Crippen molar-refractivity contribution in [3.8, 4) is 5.88 Å². The van der Waals surface area contributed by atoms with Crippen LogP contribution in [0, 0.1) is 0 Å². The van der Waals surface area contributed by atoms with Crippen LogP contribution in [-0.4, -0.2) is 44.4 Å². The van der Waals surface area contributed by atoms with Gasteiger partial charge in [-0.15, -0.1) is 24.0 Å². The standard InChI is InChI=1S/C15H26N4O2.HI/c1-4-16-15(18-8-6-10-21-5-2)19-12-13-7-9-17-14(11-13)20-3;/h7,9,11H,4-6,8,10,12H2,1-3H3,(H2,16,18,19);1H. The van der Waals surface area contributed by atoms with Crippen LogP contribution in [0.3, 0.4) is 0 Å². The van der Waals surface area contributed by atoms with Crippen molar-refractivity contribution in [2.45, 2.75) is 26.8 Å². The molecule has 7 heteroatoms. The number of methoxy groups -OCH3 is 1. The lowest BCUT2D eigenvalue weighted by atomic mass is 10.3. The molecule has 0 spiro atoms. The first-order valence-electron chi connectivity index (χ1n) is 7.39. The molecular weight excluding hydrogens is 395 g/mol. The van der Waals surface area contributed by atoms with E-state index in [0.29, 0.717) is 12.4 Å². The number of nitrogens with one attached hydrogen (secondary N) is 2. The highest BCUT2D eigenvalue weighted by Crippen LogP contribution is 2.09. The van der Waals surface area contributed by atoms with Gasteiger partial charge in [0.25, 0.3) is 0 Å². The quantitative estimate of drug-likeness (QED) is 0.277. The summed E-state index contributed by atoms with van der Waals surface area (Å²) >= 11 is 0. The number of guanidine groups is 1. The summed E-state index contributed by atoms with van der Waals surface area (Å²) in [5.74, 6) is 1.42. The number of pyridine rings is 1. The fourth-order valence-corrected chi connectivity index (χ4v) is 1.70. The van der Waals surface area contributed by atoms with Crippen LogP contribution in [0.5, 0.6) is 5.88 Å². The Morgan fingerprint density at radius 2 is 2.14 bits per heavy atom. The van der Waals surface area contributed by atoms with Gasteiger partial charge in [-0.05, 0) is 31.9 Å². The van der Waals surface area contributed by atoms with Gasteiger partial charge in [0.05, 0.1) is 13.7 Å². The van der Waals surface area contributed by atoms with E-state index in [1.807, 2.05) is 26.0 Å². The third kappa shape index (κ3) is 9.04. The van der Waals surface area contributed by atoms with Gasteiger partial charge in [-0.2, -0.15) is 0 Å². The molecule has 1 aromatic heterocycles. The largest absolute Gasteiger partial charge is 0.481 e. The fourth-order valence-electron chi connectivity index (χ4n) is 1.70. The maximum Gasteiger partial charge on any atom is 0.213 e. The topological polar surface area (TPSA) is 67.8 Å². The number of aromatic nitrogens is 1. The summed E-state index contributed by atoms with van der Waals surface area (Å²) in [6.07, 6.45) is 2.69. The number of hydrogen-bond donors (Lipinski definition) is 2. The molecule has 0 saturated carbocycles. The molecule has 0 amide bonds. The maximum absolute atomic E-state index is 5.31. The molecule has 1 heterocycles. The second-order valence-corrected chi connectivity index (χ2v) is 4.38. The summed E-state index contributed by atoms with van der Waals surface area (Å²) in [4.78, 5) is 8.63. The Morgan fingerprint density at radius 3 is 2.82 bits per heavy atom. The number of nitrogens with zero attached hydrogens (tertiary/aromatic N) is 2. The summed E-state index contributed by atoms with van der Waals surface area (Å²) in [5.41, 5.74) is 1.06. The van der Waals surface area contributed by atoms with Crippen LogP contribution in [0.2, 0.25) is 0 Å². The molecule has 2 N–H and O–H groups in total. The first kappa shape index (κ1) is 20.9. The third-order valence-corrected chi connectivity index (χ3v) is 2.73. The van der Waals surface area contributed by atoms with Gasteiger partial charge in [-0.25, -0.2) is 9.98 Å². The van der Waals surface area contributed by atoms with Gasteiger partial charge >= 0.3 is 0 Å². The Balaban J connectivity index is 0.00000441. The minimum Gasteiger partial charge on any atom is -0.481 e. The van der Waals surface area contributed by atoms with E-state index in [1.165, 1.54) is 0 Å². The Labute approximate surface area is 150 Å². The molecular formula is C15H27IN4O2. The van der Waals surface area contributed by atoms with E-state index in [0.717, 1.165) is 44.2 Å². The van der Waals surface area contributed by atoms with Crippen molar-refractivity contribution in [3.63, 3.8) is 0 Å². The van der Waals surface area contributed by atoms with Gasteiger partial charge in [0.2, 0.25) is 5.88 Å². The third-order valence-electron chi connectivity index (χ3n) is 2.73. The van der Waals surface area contributed by atoms with Gasteiger partial charge in [0.15, 0.2) is 5.96 Å². The molecule has 6 nitrogen and oxygen atoms in total. The molecule has 0 radical (unpaired) electrons. The Kier molecular flexibility index (Phi) is 12.9. The van der Waals surface area contributed by atoms with Crippen molar-refractivity contribution in [2.24, 2.45) is 4.99 Å². The lowest BCUT2D eigenvalue weighted by molar-refractivity contribution is 0.145. The van der Waals surface area contributed by atoms with Gasteiger partial charge in [0.1, 0.15) is 0 Å². The summed E-state index contributed by atoms with van der Waals surface area (Å²) in [7, 11) is 1.61. The van der Waals surface area contributed by atoms with E-state index in [4.69, 9.17) is 9.47 Å². The van der Waals surface area contributed by atoms with E-state index in [-0.39, 0.29) is 24.0 Å². The van der Waals surface area contributed by atoms with Crippen LogP contribution < -0.4 is 15.4 Å². The van der Waals surface area contributed by atoms with Crippen molar-refractivity contribution < 1.29 is 9.47 Å². The molecule has 1 rings (SSSR count). The highest BCUT2D eigenvalue weighted by atomic mass is 127. The minimum atomic E-state index is 0. The molecule has 126 valence electrons. The predicted octanol–water partition coefficient (Wildman–Crippen LogP) is 2.19. The SMILES string of the molecule is CCNC(=NCc1ccnc(OC)c1)NCCCOCC.I. The molecule has 0 aliphatic carbocycles. The van der Waals surface area contributed by atoms with Crippen LogP contribution in [0.15, 0.2) is 23.3 Å². The number of aliphatic imine (C=N–C) groups is 1. The molecule has 0 aliphatic heterocycles. The van der Waals surface area contributed by atoms with Gasteiger partial charge in [0, 0.05) is 38.6 Å². The van der Waals surface area contributed by atoms with E-state index in [1.54, 1.807) is 13.3 Å². The number of halogens is 1. The molecule has 0 unspecified atom stereocenters. The molecule has 0 aliphatic rings. The van der Waals surface area contributed by atoms with Gasteiger partial charge < -0.3 is 20.1 Å². The van der Waals surface area contributed by atoms with Crippen molar-refractivity contribution in [2.75, 3.05) is 33.4 Å². The molecule has 0 saturated heterocycles. The number of ether oxygens (including phenoxy) is 2. The maximum atomic E-state index is 5.31. The normalized spacial score (nSPS) is 10.8. The first-order chi connectivity index (χ1) is 10.3. The van der Waals surface area contributed by atoms with Crippen LogP contribution >= 0.6 is 24.0 Å². The monoisotopic (exact) mass is 422 g/mol. The van der Waals surface area contributed by atoms with Crippen molar-refractivity contribution in [1.29, 1.82) is 0 Å². The molecule has 1 aromatic rings. The Morgan fingerprint density at radius 1 is 1.32 bits per heavy atom. The zero-order chi connectivity index (χ0) is 15.3. The zero-order valence-electron chi connectivity index (χ0n) is 13.6. The average Bonchev–Trinajstić information content (AvgIpc) is 2.52. The highest BCUT2D eigenvalue weighted by Gasteiger charge is 1.99. The molecule has 0 aromatic carbocycles. The van der Waals surface area contributed by atoms with Gasteiger partial charge in [-0.3, -0.25) is 0 Å². The Bertz CT molecular complexity index is 430. The number of rotatable bonds is 9. The van der Waals surface area contributed by atoms with Crippen LogP contribution in [0.1, 0.15) is 25.8 Å². The lowest BCUT2D eigenvalue weighted by Gasteiger charge is -2.11. The highest BCUT2D eigenvalue weighted by molar-refractivity contribution is 14.0. The minimum absolute atomic E-state index is 0. The van der Waals surface area contributed by atoms with Crippen molar-refractivity contribution in [3.05, 3.63) is 23.9 Å². The lowest BCUT2D eigenvalue weighted by Crippen LogP contribution is -2.38. The summed E-state index contributed by atoms with van der Waals surface area (Å²) < 4.78 is 10.4. The second-order valence-electron chi connectivity index (χ2n) is 4.38. The predicted molar refractivity (Wildman–Crippen MR) is 100 cm³/mol. The van der Waals surface area contributed by atoms with Crippen LogP contribution in [0.4, 0.5) is 0 Å². The molecule has 0 fully saturated rings. The summed E-state index contributed by atoms with van der Waals surface area (Å²) in [6, 6.07) is 3.83. The van der Waals surface area contributed by atoms with Crippen LogP contribution in [0.25, 0.3) is 0 Å². The Hall–Kier alpha value is -1.09. The average molecular weight is 422 g/mol. The second kappa shape index (κ2) is 13.6. The molecule has 22 heavy (non-hydrogen) atoms. The summed E-state index contributed by atoms with van der Waals surface area (Å²) in [5, 5.41) is 6.51. The van der Waals surface area contributed by atoms with E-state index in [2.05, 4.69) is 20.6 Å². The molecule has 0 bridgehead atoms. The summed E-state index contributed by atoms with van der Waals surface area (Å²) in [6.45, 7) is 7.83. The van der Waals surface area contributed by atoms with E-state index < -0.39 is 0 Å². The molecule has 0 atom stereocenters. The smallest absolute Gasteiger partial charge is 0.213 e. The van der Waals surface area contributed by atoms with Crippen molar-refractivity contribution >= 4 is 29.9 Å². The van der Waals surface area contributed by atoms with E-state index >= 15 is 0 Å². The van der Waals surface area contributed by atoms with Crippen molar-refractivity contribution in [1.82, 2.24) is 15.6 Å². The zero-order valence-corrected chi connectivity index (χ0v) is 15.9. The first-order valence-corrected chi connectivity index (χ1v) is 7.39. The fraction of sp³-hybridized carbons (Fsp3) is 0.600. The van der Waals surface area contributed by atoms with E-state index in [9.17, 15) is 0 Å². The van der Waals surface area contributed by atoms with Gasteiger partial charge in [-0.1, -0.05) is 0 Å². The van der Waals surface area contributed by atoms with Crippen LogP contribution in [-0.2, 0) is 11.3 Å². The number of hydrogen-bond acceptors (Lipinski definition) is 4.